The van der Waals surface area contributed by atoms with Crippen molar-refractivity contribution in [3.8, 4) is 0 Å². The molecule has 0 radical (unpaired) electrons. The van der Waals surface area contributed by atoms with Crippen molar-refractivity contribution in [2.24, 2.45) is 5.41 Å². The molecule has 0 unspecified atom stereocenters. The summed E-state index contributed by atoms with van der Waals surface area (Å²) in [5.74, 6) is -0.769. The highest BCUT2D eigenvalue weighted by atomic mass is 19.4. The van der Waals surface area contributed by atoms with E-state index in [0.717, 1.165) is 0 Å². The number of aliphatic hydroxyl groups excluding tert-OH is 1. The highest BCUT2D eigenvalue weighted by Crippen LogP contribution is 2.58. The lowest BCUT2D eigenvalue weighted by molar-refractivity contribution is -0.191. The van der Waals surface area contributed by atoms with E-state index < -0.39 is 17.4 Å². The fraction of sp³-hybridized carbons (Fsp3) is 0.875. The van der Waals surface area contributed by atoms with Crippen LogP contribution in [0.15, 0.2) is 0 Å². The Morgan fingerprint density at radius 3 is 2.23 bits per heavy atom. The first kappa shape index (κ1) is 10.5. The summed E-state index contributed by atoms with van der Waals surface area (Å²) < 4.78 is 36.9. The van der Waals surface area contributed by atoms with E-state index in [-0.39, 0.29) is 32.3 Å². The molecule has 1 aliphatic carbocycles. The third kappa shape index (κ3) is 1.85. The molecule has 1 saturated carbocycles. The van der Waals surface area contributed by atoms with Crippen molar-refractivity contribution >= 4 is 5.78 Å². The molecule has 2 nitrogen and oxygen atoms in total. The Kier molecular flexibility index (Phi) is 2.66. The summed E-state index contributed by atoms with van der Waals surface area (Å²) >= 11 is 0. The molecule has 5 heteroatoms. The van der Waals surface area contributed by atoms with Crippen molar-refractivity contribution in [1.82, 2.24) is 0 Å². The van der Waals surface area contributed by atoms with Gasteiger partial charge in [0.1, 0.15) is 11.2 Å². The quantitative estimate of drug-likeness (QED) is 0.742. The first-order valence-corrected chi connectivity index (χ1v) is 4.15. The molecule has 1 N–H and O–H groups in total. The van der Waals surface area contributed by atoms with Gasteiger partial charge in [-0.05, 0) is 19.3 Å². The van der Waals surface area contributed by atoms with Crippen LogP contribution in [0.2, 0.25) is 0 Å². The zero-order valence-corrected chi connectivity index (χ0v) is 7.02. The van der Waals surface area contributed by atoms with Crippen LogP contribution in [0.5, 0.6) is 0 Å². The Labute approximate surface area is 73.7 Å². The van der Waals surface area contributed by atoms with Gasteiger partial charge in [-0.15, -0.1) is 0 Å². The summed E-state index contributed by atoms with van der Waals surface area (Å²) in [6.45, 7) is -0.236. The van der Waals surface area contributed by atoms with Crippen LogP contribution in [-0.4, -0.2) is 23.7 Å². The number of Topliss-reactive ketones (excluding diaryl/α,β-unsaturated/α-hetero) is 1. The molecule has 1 aliphatic rings. The summed E-state index contributed by atoms with van der Waals surface area (Å²) in [5, 5.41) is 8.37. The second-order valence-electron chi connectivity index (χ2n) is 3.33. The summed E-state index contributed by atoms with van der Waals surface area (Å²) in [5.41, 5.74) is -2.05. The molecule has 1 rings (SSSR count). The Morgan fingerprint density at radius 1 is 1.38 bits per heavy atom. The van der Waals surface area contributed by atoms with Gasteiger partial charge < -0.3 is 5.11 Å². The van der Waals surface area contributed by atoms with E-state index in [4.69, 9.17) is 5.11 Å². The number of hydrogen-bond acceptors (Lipinski definition) is 2. The van der Waals surface area contributed by atoms with Crippen LogP contribution in [0.25, 0.3) is 0 Å². The van der Waals surface area contributed by atoms with Gasteiger partial charge in [0.2, 0.25) is 0 Å². The third-order valence-corrected chi connectivity index (χ3v) is 2.39. The van der Waals surface area contributed by atoms with Gasteiger partial charge in [0.05, 0.1) is 0 Å². The van der Waals surface area contributed by atoms with Gasteiger partial charge >= 0.3 is 6.18 Å². The average Bonchev–Trinajstić information content (AvgIpc) is 2.78. The van der Waals surface area contributed by atoms with Crippen molar-refractivity contribution in [2.45, 2.75) is 31.9 Å². The topological polar surface area (TPSA) is 37.3 Å². The maximum absolute atomic E-state index is 12.3. The van der Waals surface area contributed by atoms with E-state index in [0.29, 0.717) is 0 Å². The van der Waals surface area contributed by atoms with Gasteiger partial charge in [0, 0.05) is 13.0 Å². The first-order valence-electron chi connectivity index (χ1n) is 4.15. The summed E-state index contributed by atoms with van der Waals surface area (Å²) in [4.78, 5) is 11.1. The van der Waals surface area contributed by atoms with Crippen molar-refractivity contribution < 1.29 is 23.1 Å². The summed E-state index contributed by atoms with van der Waals surface area (Å²) in [7, 11) is 0. The number of ketones is 1. The van der Waals surface area contributed by atoms with E-state index in [1.54, 1.807) is 0 Å². The van der Waals surface area contributed by atoms with Crippen LogP contribution in [0.4, 0.5) is 13.2 Å². The zero-order valence-electron chi connectivity index (χ0n) is 7.02. The van der Waals surface area contributed by atoms with Crippen molar-refractivity contribution in [2.75, 3.05) is 6.61 Å². The number of carbonyl (C=O) groups is 1. The normalized spacial score (nSPS) is 20.0. The van der Waals surface area contributed by atoms with Crippen LogP contribution in [0, 0.1) is 5.41 Å². The fourth-order valence-electron chi connectivity index (χ4n) is 1.32. The highest BCUT2D eigenvalue weighted by Gasteiger charge is 2.67. The molecule has 0 aliphatic heterocycles. The van der Waals surface area contributed by atoms with Crippen molar-refractivity contribution in [3.63, 3.8) is 0 Å². The van der Waals surface area contributed by atoms with Gasteiger partial charge in [-0.2, -0.15) is 13.2 Å². The zero-order chi connectivity index (χ0) is 10.1. The molecule has 0 aromatic rings. The smallest absolute Gasteiger partial charge is 0.396 e. The molecule has 0 atom stereocenters. The number of halogens is 3. The Balaban J connectivity index is 2.56. The largest absolute Gasteiger partial charge is 0.401 e. The van der Waals surface area contributed by atoms with E-state index in [1.165, 1.54) is 0 Å². The highest BCUT2D eigenvalue weighted by molar-refractivity contribution is 5.88. The molecule has 76 valence electrons. The maximum atomic E-state index is 12.3. The standard InChI is InChI=1S/C8H11F3O2/c9-8(10,11)7(3-4-7)6(13)2-1-5-12/h12H,1-5H2. The van der Waals surface area contributed by atoms with E-state index in [9.17, 15) is 18.0 Å². The van der Waals surface area contributed by atoms with Gasteiger partial charge in [0.25, 0.3) is 0 Å². The van der Waals surface area contributed by atoms with Crippen LogP contribution in [-0.2, 0) is 4.79 Å². The van der Waals surface area contributed by atoms with Gasteiger partial charge in [0.15, 0.2) is 0 Å². The lowest BCUT2D eigenvalue weighted by Crippen LogP contribution is -2.32. The monoisotopic (exact) mass is 196 g/mol. The lowest BCUT2D eigenvalue weighted by Gasteiger charge is -2.17. The number of rotatable bonds is 4. The SMILES string of the molecule is O=C(CCCO)C1(C(F)(F)F)CC1. The van der Waals surface area contributed by atoms with Gasteiger partial charge in [-0.1, -0.05) is 0 Å². The molecule has 0 aromatic carbocycles. The number of alkyl halides is 3. The lowest BCUT2D eigenvalue weighted by atomic mass is 9.97. The molecular weight excluding hydrogens is 185 g/mol. The van der Waals surface area contributed by atoms with Crippen molar-refractivity contribution in [3.05, 3.63) is 0 Å². The molecule has 0 heterocycles. The minimum Gasteiger partial charge on any atom is -0.396 e. The first-order chi connectivity index (χ1) is 5.94. The predicted molar refractivity (Wildman–Crippen MR) is 39.0 cm³/mol. The maximum Gasteiger partial charge on any atom is 0.401 e. The van der Waals surface area contributed by atoms with Crippen molar-refractivity contribution in [1.29, 1.82) is 0 Å². The molecule has 0 spiro atoms. The Hall–Kier alpha value is -0.580. The predicted octanol–water partition coefficient (Wildman–Crippen LogP) is 1.67. The Bertz CT molecular complexity index is 206. The molecule has 1 fully saturated rings. The van der Waals surface area contributed by atoms with E-state index in [1.807, 2.05) is 0 Å². The molecule has 0 bridgehead atoms. The molecule has 0 saturated heterocycles. The van der Waals surface area contributed by atoms with Gasteiger partial charge in [-0.3, -0.25) is 4.79 Å². The molecule has 0 amide bonds. The van der Waals surface area contributed by atoms with E-state index in [2.05, 4.69) is 0 Å². The minimum atomic E-state index is -4.40. The second kappa shape index (κ2) is 3.29. The molecular formula is C8H11F3O2. The molecule has 13 heavy (non-hydrogen) atoms. The van der Waals surface area contributed by atoms with Crippen LogP contribution >= 0.6 is 0 Å². The minimum absolute atomic E-state index is 0.0826. The number of hydrogen-bond donors (Lipinski definition) is 1. The second-order valence-corrected chi connectivity index (χ2v) is 3.33. The van der Waals surface area contributed by atoms with E-state index >= 15 is 0 Å². The van der Waals surface area contributed by atoms with Gasteiger partial charge in [-0.25, -0.2) is 0 Å². The fourth-order valence-corrected chi connectivity index (χ4v) is 1.32. The number of carbonyl (C=O) groups excluding carboxylic acids is 1. The third-order valence-electron chi connectivity index (χ3n) is 2.39. The molecule has 0 aromatic heterocycles. The Morgan fingerprint density at radius 2 is 1.92 bits per heavy atom. The average molecular weight is 196 g/mol. The summed E-state index contributed by atoms with van der Waals surface area (Å²) in [6, 6.07) is 0. The van der Waals surface area contributed by atoms with Crippen LogP contribution in [0.1, 0.15) is 25.7 Å². The number of aliphatic hydroxyl groups is 1. The summed E-state index contributed by atoms with van der Waals surface area (Å²) in [6.07, 6.45) is -4.62. The van der Waals surface area contributed by atoms with Crippen LogP contribution in [0.3, 0.4) is 0 Å². The van der Waals surface area contributed by atoms with Crippen LogP contribution < -0.4 is 0 Å².